The van der Waals surface area contributed by atoms with Gasteiger partial charge in [0.2, 0.25) is 5.91 Å². The van der Waals surface area contributed by atoms with Gasteiger partial charge in [-0.25, -0.2) is 9.78 Å². The van der Waals surface area contributed by atoms with E-state index < -0.39 is 0 Å². The van der Waals surface area contributed by atoms with Crippen LogP contribution >= 0.6 is 11.6 Å². The molecule has 0 atom stereocenters. The van der Waals surface area contributed by atoms with E-state index in [-0.39, 0.29) is 24.2 Å². The SMILES string of the molecule is O=C(Cn1c(=O)n(C2CCCCC2)c2ncccc21)NCc1ccc(Cl)cc1. The first kappa shape index (κ1) is 18.7. The van der Waals surface area contributed by atoms with Crippen molar-refractivity contribution in [1.82, 2.24) is 19.4 Å². The molecule has 6 nitrogen and oxygen atoms in total. The highest BCUT2D eigenvalue weighted by Crippen LogP contribution is 2.29. The highest BCUT2D eigenvalue weighted by atomic mass is 35.5. The fourth-order valence-corrected chi connectivity index (χ4v) is 4.06. The summed E-state index contributed by atoms with van der Waals surface area (Å²) in [5, 5.41) is 3.53. The van der Waals surface area contributed by atoms with Gasteiger partial charge < -0.3 is 5.32 Å². The van der Waals surface area contributed by atoms with Gasteiger partial charge in [0.15, 0.2) is 5.65 Å². The number of imidazole rings is 1. The number of rotatable bonds is 5. The first-order chi connectivity index (χ1) is 13.6. The largest absolute Gasteiger partial charge is 0.350 e. The Morgan fingerprint density at radius 3 is 2.64 bits per heavy atom. The molecule has 2 aromatic heterocycles. The average Bonchev–Trinajstić information content (AvgIpc) is 3.00. The minimum absolute atomic E-state index is 0.0195. The Balaban J connectivity index is 1.56. The van der Waals surface area contributed by atoms with Gasteiger partial charge in [0.05, 0.1) is 5.52 Å². The molecule has 0 radical (unpaired) electrons. The number of nitrogens with one attached hydrogen (secondary N) is 1. The maximum Gasteiger partial charge on any atom is 0.331 e. The lowest BCUT2D eigenvalue weighted by Gasteiger charge is -2.22. The van der Waals surface area contributed by atoms with E-state index in [2.05, 4.69) is 10.3 Å². The van der Waals surface area contributed by atoms with E-state index in [0.717, 1.165) is 31.2 Å². The third-order valence-corrected chi connectivity index (χ3v) is 5.62. The number of aromatic nitrogens is 3. The maximum atomic E-state index is 13.1. The van der Waals surface area contributed by atoms with Crippen molar-refractivity contribution >= 4 is 28.7 Å². The zero-order chi connectivity index (χ0) is 19.5. The minimum Gasteiger partial charge on any atom is -0.350 e. The molecule has 1 aliphatic rings. The van der Waals surface area contributed by atoms with Gasteiger partial charge in [-0.2, -0.15) is 0 Å². The minimum atomic E-state index is -0.205. The molecule has 3 aromatic rings. The van der Waals surface area contributed by atoms with Crippen LogP contribution in [0.3, 0.4) is 0 Å². The Labute approximate surface area is 168 Å². The Hall–Kier alpha value is -2.60. The second kappa shape index (κ2) is 8.19. The molecule has 1 N–H and O–H groups in total. The Kier molecular flexibility index (Phi) is 5.48. The van der Waals surface area contributed by atoms with Crippen molar-refractivity contribution in [3.63, 3.8) is 0 Å². The Bertz CT molecular complexity index is 1030. The molecule has 146 valence electrons. The lowest BCUT2D eigenvalue weighted by atomic mass is 9.95. The van der Waals surface area contributed by atoms with Gasteiger partial charge in [-0.15, -0.1) is 0 Å². The predicted molar refractivity (Wildman–Crippen MR) is 109 cm³/mol. The maximum absolute atomic E-state index is 13.1. The van der Waals surface area contributed by atoms with Crippen molar-refractivity contribution in [1.29, 1.82) is 0 Å². The smallest absolute Gasteiger partial charge is 0.331 e. The summed E-state index contributed by atoms with van der Waals surface area (Å²) in [6.45, 7) is 0.374. The van der Waals surface area contributed by atoms with Gasteiger partial charge in [-0.1, -0.05) is 43.0 Å². The number of carbonyl (C=O) groups excluding carboxylic acids is 1. The number of benzene rings is 1. The molecule has 7 heteroatoms. The number of pyridine rings is 1. The first-order valence-corrected chi connectivity index (χ1v) is 10.1. The molecule has 0 aliphatic heterocycles. The number of hydrogen-bond donors (Lipinski definition) is 1. The normalized spacial score (nSPS) is 15.0. The van der Waals surface area contributed by atoms with Gasteiger partial charge in [0.25, 0.3) is 0 Å². The van der Waals surface area contributed by atoms with Crippen LogP contribution in [-0.2, 0) is 17.9 Å². The molecular formula is C21H23ClN4O2. The summed E-state index contributed by atoms with van der Waals surface area (Å²) in [5.74, 6) is -0.205. The van der Waals surface area contributed by atoms with Gasteiger partial charge in [-0.05, 0) is 42.7 Å². The molecule has 1 fully saturated rings. The Morgan fingerprint density at radius 1 is 1.14 bits per heavy atom. The van der Waals surface area contributed by atoms with E-state index in [1.807, 2.05) is 18.2 Å². The standard InChI is InChI=1S/C21H23ClN4O2/c22-16-10-8-15(9-11-16)13-24-19(27)14-25-18-7-4-12-23-20(18)26(21(25)28)17-5-2-1-3-6-17/h4,7-12,17H,1-3,5-6,13-14H2,(H,24,27). The van der Waals surface area contributed by atoms with Crippen LogP contribution in [0.4, 0.5) is 0 Å². The number of hydrogen-bond acceptors (Lipinski definition) is 3. The number of carbonyl (C=O) groups is 1. The van der Waals surface area contributed by atoms with Gasteiger partial charge in [0.1, 0.15) is 6.54 Å². The van der Waals surface area contributed by atoms with E-state index in [0.29, 0.717) is 22.7 Å². The molecular weight excluding hydrogens is 376 g/mol. The Morgan fingerprint density at radius 2 is 1.89 bits per heavy atom. The fraction of sp³-hybridized carbons (Fsp3) is 0.381. The lowest BCUT2D eigenvalue weighted by molar-refractivity contribution is -0.121. The average molecular weight is 399 g/mol. The van der Waals surface area contributed by atoms with Crippen molar-refractivity contribution < 1.29 is 4.79 Å². The third kappa shape index (κ3) is 3.83. The van der Waals surface area contributed by atoms with Crippen LogP contribution in [0.5, 0.6) is 0 Å². The van der Waals surface area contributed by atoms with Gasteiger partial charge >= 0.3 is 5.69 Å². The second-order valence-corrected chi connectivity index (χ2v) is 7.72. The van der Waals surface area contributed by atoms with Gasteiger partial charge in [0, 0.05) is 23.8 Å². The molecule has 4 rings (SSSR count). The summed E-state index contributed by atoms with van der Waals surface area (Å²) in [5.41, 5.74) is 2.18. The van der Waals surface area contributed by atoms with Crippen LogP contribution < -0.4 is 11.0 Å². The van der Waals surface area contributed by atoms with E-state index >= 15 is 0 Å². The van der Waals surface area contributed by atoms with E-state index in [1.54, 1.807) is 29.0 Å². The molecule has 1 amide bonds. The van der Waals surface area contributed by atoms with E-state index in [9.17, 15) is 9.59 Å². The second-order valence-electron chi connectivity index (χ2n) is 7.28. The van der Waals surface area contributed by atoms with Crippen LogP contribution in [0.2, 0.25) is 5.02 Å². The van der Waals surface area contributed by atoms with Crippen LogP contribution in [0.25, 0.3) is 11.2 Å². The summed E-state index contributed by atoms with van der Waals surface area (Å²) in [6, 6.07) is 11.1. The summed E-state index contributed by atoms with van der Waals surface area (Å²) >= 11 is 5.89. The molecule has 2 heterocycles. The van der Waals surface area contributed by atoms with Crippen LogP contribution in [0.1, 0.15) is 43.7 Å². The molecule has 0 unspecified atom stereocenters. The van der Waals surface area contributed by atoms with Gasteiger partial charge in [-0.3, -0.25) is 13.9 Å². The number of fused-ring (bicyclic) bond motifs is 1. The molecule has 1 aromatic carbocycles. The van der Waals surface area contributed by atoms with E-state index in [1.165, 1.54) is 11.0 Å². The monoisotopic (exact) mass is 398 g/mol. The third-order valence-electron chi connectivity index (χ3n) is 5.37. The molecule has 0 saturated heterocycles. The number of halogens is 1. The predicted octanol–water partition coefficient (Wildman–Crippen LogP) is 3.67. The summed E-state index contributed by atoms with van der Waals surface area (Å²) < 4.78 is 3.33. The van der Waals surface area contributed by atoms with E-state index in [4.69, 9.17) is 11.6 Å². The molecule has 1 aliphatic carbocycles. The molecule has 28 heavy (non-hydrogen) atoms. The van der Waals surface area contributed by atoms with Crippen molar-refractivity contribution in [3.05, 3.63) is 63.7 Å². The van der Waals surface area contributed by atoms with Crippen molar-refractivity contribution in [2.45, 2.75) is 51.2 Å². The summed E-state index contributed by atoms with van der Waals surface area (Å²) in [6.07, 6.45) is 7.13. The summed E-state index contributed by atoms with van der Waals surface area (Å²) in [4.78, 5) is 30.1. The molecule has 0 bridgehead atoms. The molecule has 1 saturated carbocycles. The first-order valence-electron chi connectivity index (χ1n) is 9.70. The molecule has 0 spiro atoms. The van der Waals surface area contributed by atoms with Crippen LogP contribution in [-0.4, -0.2) is 20.0 Å². The van der Waals surface area contributed by atoms with Crippen LogP contribution in [0, 0.1) is 0 Å². The quantitative estimate of drug-likeness (QED) is 0.712. The zero-order valence-electron chi connectivity index (χ0n) is 15.6. The number of amides is 1. The van der Waals surface area contributed by atoms with Crippen molar-refractivity contribution in [2.75, 3.05) is 0 Å². The topological polar surface area (TPSA) is 68.9 Å². The zero-order valence-corrected chi connectivity index (χ0v) is 16.4. The fourth-order valence-electron chi connectivity index (χ4n) is 3.93. The summed E-state index contributed by atoms with van der Waals surface area (Å²) in [7, 11) is 0. The lowest BCUT2D eigenvalue weighted by Crippen LogP contribution is -2.34. The van der Waals surface area contributed by atoms with Crippen LogP contribution in [0.15, 0.2) is 47.4 Å². The number of nitrogens with zero attached hydrogens (tertiary/aromatic N) is 3. The highest BCUT2D eigenvalue weighted by molar-refractivity contribution is 6.30. The van der Waals surface area contributed by atoms with Crippen molar-refractivity contribution in [3.8, 4) is 0 Å². The van der Waals surface area contributed by atoms with Crippen molar-refractivity contribution in [2.24, 2.45) is 0 Å². The highest BCUT2D eigenvalue weighted by Gasteiger charge is 2.23.